The van der Waals surface area contributed by atoms with Gasteiger partial charge in [-0.05, 0) is 70.4 Å². The van der Waals surface area contributed by atoms with E-state index in [-0.39, 0.29) is 6.23 Å². The molecule has 0 saturated carbocycles. The van der Waals surface area contributed by atoms with E-state index in [1.807, 2.05) is 0 Å². The van der Waals surface area contributed by atoms with Gasteiger partial charge in [0.15, 0.2) is 6.20 Å². The predicted octanol–water partition coefficient (Wildman–Crippen LogP) is 9.07. The van der Waals surface area contributed by atoms with Gasteiger partial charge < -0.3 is 4.74 Å². The summed E-state index contributed by atoms with van der Waals surface area (Å²) in [6.45, 7) is 2.22. The summed E-state index contributed by atoms with van der Waals surface area (Å²) >= 11 is 1.75. The highest BCUT2D eigenvalue weighted by Crippen LogP contribution is 2.46. The maximum Gasteiger partial charge on any atom is 0.302 e. The molecule has 5 aromatic carbocycles. The molecule has 1 aliphatic rings. The molecule has 0 bridgehead atoms. The molecule has 3 heterocycles. The van der Waals surface area contributed by atoms with Gasteiger partial charge in [0.05, 0.1) is 15.6 Å². The van der Waals surface area contributed by atoms with Gasteiger partial charge in [-0.3, -0.25) is 0 Å². The first-order valence-electron chi connectivity index (χ1n) is 13.2. The van der Waals surface area contributed by atoms with Crippen molar-refractivity contribution in [3.05, 3.63) is 103 Å². The second kappa shape index (κ2) is 8.37. The van der Waals surface area contributed by atoms with E-state index in [2.05, 4.69) is 115 Å². The zero-order valence-electron chi connectivity index (χ0n) is 21.0. The van der Waals surface area contributed by atoms with Gasteiger partial charge in [0.25, 0.3) is 5.52 Å². The lowest BCUT2D eigenvalue weighted by atomic mass is 9.90. The van der Waals surface area contributed by atoms with Crippen LogP contribution in [-0.4, -0.2) is 4.98 Å². The molecule has 0 fully saturated rings. The molecular formula is C34H25N2OS+. The van der Waals surface area contributed by atoms with Crippen LogP contribution in [0, 0.1) is 0 Å². The van der Waals surface area contributed by atoms with Crippen molar-refractivity contribution in [1.29, 1.82) is 0 Å². The Labute approximate surface area is 224 Å². The highest BCUT2D eigenvalue weighted by Gasteiger charge is 2.35. The summed E-state index contributed by atoms with van der Waals surface area (Å²) in [6.07, 6.45) is 4.24. The molecule has 0 aliphatic carbocycles. The summed E-state index contributed by atoms with van der Waals surface area (Å²) < 4.78 is 10.3. The van der Waals surface area contributed by atoms with Crippen LogP contribution >= 0.6 is 11.3 Å². The Morgan fingerprint density at radius 1 is 0.816 bits per heavy atom. The first-order chi connectivity index (χ1) is 18.8. The summed E-state index contributed by atoms with van der Waals surface area (Å²) in [5, 5.41) is 7.18. The minimum atomic E-state index is 0.0272. The highest BCUT2D eigenvalue weighted by atomic mass is 32.1. The van der Waals surface area contributed by atoms with Crippen LogP contribution in [0.1, 0.15) is 26.0 Å². The minimum Gasteiger partial charge on any atom is -0.426 e. The number of benzene rings is 5. The van der Waals surface area contributed by atoms with E-state index in [0.29, 0.717) is 0 Å². The zero-order chi connectivity index (χ0) is 25.2. The number of hydrogen-bond donors (Lipinski definition) is 0. The standard InChI is InChI=1S/C34H25N2OS/c1-2-8-30-36-18-7-10-21-16-17-26(33(37-30)32(21)36)31-25-11-4-3-9-22(25)19-23-14-15-24(20-27(23)31)34-35-28-12-5-6-13-29(28)38-34/h3-7,9-20,30H,2,8H2,1H3/q+1. The number of rotatable bonds is 4. The van der Waals surface area contributed by atoms with Gasteiger partial charge in [-0.1, -0.05) is 55.5 Å². The number of pyridine rings is 1. The molecule has 4 heteroatoms. The van der Waals surface area contributed by atoms with Gasteiger partial charge in [-0.25, -0.2) is 4.98 Å². The van der Waals surface area contributed by atoms with Crippen molar-refractivity contribution in [2.24, 2.45) is 0 Å². The van der Waals surface area contributed by atoms with Crippen LogP contribution in [0.3, 0.4) is 0 Å². The molecule has 1 aliphatic heterocycles. The second-order valence-electron chi connectivity index (χ2n) is 10.1. The van der Waals surface area contributed by atoms with Crippen LogP contribution in [0.15, 0.2) is 103 Å². The zero-order valence-corrected chi connectivity index (χ0v) is 21.8. The Morgan fingerprint density at radius 2 is 1.63 bits per heavy atom. The quantitative estimate of drug-likeness (QED) is 0.175. The average molecular weight is 510 g/mol. The smallest absolute Gasteiger partial charge is 0.302 e. The summed E-state index contributed by atoms with van der Waals surface area (Å²) in [5.74, 6) is 0.990. The maximum absolute atomic E-state index is 6.75. The van der Waals surface area contributed by atoms with Crippen molar-refractivity contribution in [3.8, 4) is 27.4 Å². The Morgan fingerprint density at radius 3 is 2.55 bits per heavy atom. The van der Waals surface area contributed by atoms with Crippen molar-refractivity contribution < 1.29 is 9.30 Å². The number of thiazole rings is 1. The maximum atomic E-state index is 6.75. The number of ether oxygens (including phenoxy) is 1. The number of aromatic nitrogens is 2. The van der Waals surface area contributed by atoms with E-state index >= 15 is 0 Å². The molecule has 0 saturated heterocycles. The largest absolute Gasteiger partial charge is 0.426 e. The molecule has 3 nitrogen and oxygen atoms in total. The van der Waals surface area contributed by atoms with Crippen LogP contribution in [0.4, 0.5) is 0 Å². The fourth-order valence-electron chi connectivity index (χ4n) is 5.98. The second-order valence-corrected chi connectivity index (χ2v) is 11.1. The molecule has 1 unspecified atom stereocenters. The topological polar surface area (TPSA) is 26.0 Å². The highest BCUT2D eigenvalue weighted by molar-refractivity contribution is 7.21. The van der Waals surface area contributed by atoms with Crippen molar-refractivity contribution in [2.45, 2.75) is 26.0 Å². The fraction of sp³-hybridized carbons (Fsp3) is 0.118. The Balaban J connectivity index is 1.43. The number of hydrogen-bond acceptors (Lipinski definition) is 3. The van der Waals surface area contributed by atoms with E-state index in [9.17, 15) is 0 Å². The first-order valence-corrected chi connectivity index (χ1v) is 14.1. The molecule has 0 spiro atoms. The molecular weight excluding hydrogens is 484 g/mol. The van der Waals surface area contributed by atoms with Crippen molar-refractivity contribution in [1.82, 2.24) is 4.98 Å². The minimum absolute atomic E-state index is 0.0272. The van der Waals surface area contributed by atoms with E-state index in [0.717, 1.165) is 40.2 Å². The average Bonchev–Trinajstić information content (AvgIpc) is 3.56. The lowest BCUT2D eigenvalue weighted by Gasteiger charge is -2.15. The van der Waals surface area contributed by atoms with Crippen molar-refractivity contribution >= 4 is 54.0 Å². The predicted molar refractivity (Wildman–Crippen MR) is 158 cm³/mol. The van der Waals surface area contributed by atoms with Crippen LogP contribution in [0.5, 0.6) is 5.75 Å². The SMILES string of the molecule is CCCC1Oc2c(-c3c4ccccc4cc4ccc(-c5nc6ccccc6s5)cc34)ccc3ccc[n+]1c23. The lowest BCUT2D eigenvalue weighted by Crippen LogP contribution is -2.38. The normalized spacial score (nSPS) is 14.6. The molecule has 182 valence electrons. The molecule has 0 radical (unpaired) electrons. The van der Waals surface area contributed by atoms with Crippen molar-refractivity contribution in [2.75, 3.05) is 0 Å². The molecule has 0 amide bonds. The van der Waals surface area contributed by atoms with Crippen LogP contribution in [-0.2, 0) is 0 Å². The van der Waals surface area contributed by atoms with Crippen LogP contribution in [0.2, 0.25) is 0 Å². The molecule has 1 atom stereocenters. The van der Waals surface area contributed by atoms with Gasteiger partial charge >= 0.3 is 6.23 Å². The van der Waals surface area contributed by atoms with E-state index in [4.69, 9.17) is 9.72 Å². The van der Waals surface area contributed by atoms with Gasteiger partial charge in [0.1, 0.15) is 5.01 Å². The van der Waals surface area contributed by atoms with Crippen LogP contribution < -0.4 is 9.30 Å². The molecule has 7 aromatic rings. The lowest BCUT2D eigenvalue weighted by molar-refractivity contribution is -0.719. The molecule has 8 rings (SSSR count). The third kappa shape index (κ3) is 3.20. The number of fused-ring (bicyclic) bond motifs is 3. The fourth-order valence-corrected chi connectivity index (χ4v) is 6.94. The van der Waals surface area contributed by atoms with E-state index in [1.165, 1.54) is 42.7 Å². The third-order valence-electron chi connectivity index (χ3n) is 7.72. The van der Waals surface area contributed by atoms with Gasteiger partial charge in [-0.2, -0.15) is 4.57 Å². The van der Waals surface area contributed by atoms with Gasteiger partial charge in [0.2, 0.25) is 5.75 Å². The first kappa shape index (κ1) is 21.8. The Kier molecular flexibility index (Phi) is 4.79. The van der Waals surface area contributed by atoms with E-state index < -0.39 is 0 Å². The monoisotopic (exact) mass is 509 g/mol. The molecule has 2 aromatic heterocycles. The van der Waals surface area contributed by atoms with E-state index in [1.54, 1.807) is 11.3 Å². The number of nitrogens with zero attached hydrogens (tertiary/aromatic N) is 2. The molecule has 0 N–H and O–H groups in total. The van der Waals surface area contributed by atoms with Gasteiger partial charge in [0, 0.05) is 29.2 Å². The van der Waals surface area contributed by atoms with Crippen molar-refractivity contribution in [3.63, 3.8) is 0 Å². The summed E-state index contributed by atoms with van der Waals surface area (Å²) in [7, 11) is 0. The Hall–Kier alpha value is -4.28. The summed E-state index contributed by atoms with van der Waals surface area (Å²) in [6, 6.07) is 35.0. The Bertz CT molecular complexity index is 2010. The molecule has 38 heavy (non-hydrogen) atoms. The summed E-state index contributed by atoms with van der Waals surface area (Å²) in [5.41, 5.74) is 5.76. The summed E-state index contributed by atoms with van der Waals surface area (Å²) in [4.78, 5) is 4.96. The number of para-hydroxylation sites is 1. The van der Waals surface area contributed by atoms with Crippen LogP contribution in [0.25, 0.3) is 64.4 Å². The third-order valence-corrected chi connectivity index (χ3v) is 8.80. The van der Waals surface area contributed by atoms with Gasteiger partial charge in [-0.15, -0.1) is 11.3 Å².